The Balaban J connectivity index is 1.67. The molecule has 0 saturated heterocycles. The minimum absolute atomic E-state index is 0.127. The van der Waals surface area contributed by atoms with Crippen molar-refractivity contribution in [3.8, 4) is 11.1 Å². The lowest BCUT2D eigenvalue weighted by atomic mass is 10.0. The third-order valence-corrected chi connectivity index (χ3v) is 4.57. The predicted molar refractivity (Wildman–Crippen MR) is 113 cm³/mol. The molecule has 0 aliphatic carbocycles. The molecule has 0 heterocycles. The van der Waals surface area contributed by atoms with Crippen molar-refractivity contribution in [2.24, 2.45) is 0 Å². The number of anilines is 1. The van der Waals surface area contributed by atoms with Gasteiger partial charge in [-0.15, -0.1) is 0 Å². The molecule has 5 heteroatoms. The third-order valence-electron chi connectivity index (χ3n) is 4.32. The summed E-state index contributed by atoms with van der Waals surface area (Å²) in [7, 11) is 0. The molecule has 3 aromatic carbocycles. The van der Waals surface area contributed by atoms with E-state index in [0.717, 1.165) is 16.7 Å². The van der Waals surface area contributed by atoms with Gasteiger partial charge in [0.05, 0.1) is 12.5 Å². The van der Waals surface area contributed by atoms with Crippen LogP contribution in [0.15, 0.2) is 78.9 Å². The van der Waals surface area contributed by atoms with E-state index in [-0.39, 0.29) is 18.2 Å². The lowest BCUT2D eigenvalue weighted by molar-refractivity contribution is -0.120. The normalized spacial score (nSPS) is 11.5. The van der Waals surface area contributed by atoms with Crippen molar-refractivity contribution in [1.29, 1.82) is 0 Å². The highest BCUT2D eigenvalue weighted by atomic mass is 35.5. The number of rotatable bonds is 6. The smallest absolute Gasteiger partial charge is 0.226 e. The number of hydrogen-bond acceptors (Lipinski definition) is 2. The average Bonchev–Trinajstić information content (AvgIpc) is 2.69. The quantitative estimate of drug-likeness (QED) is 0.604. The predicted octanol–water partition coefficient (Wildman–Crippen LogP) is 5.21. The topological polar surface area (TPSA) is 58.2 Å². The van der Waals surface area contributed by atoms with Crippen molar-refractivity contribution >= 4 is 29.1 Å². The maximum Gasteiger partial charge on any atom is 0.226 e. The molecular formula is C23H21ClN2O2. The molecule has 0 bridgehead atoms. The van der Waals surface area contributed by atoms with Gasteiger partial charge >= 0.3 is 0 Å². The fraction of sp³-hybridized carbons (Fsp3) is 0.130. The molecular weight excluding hydrogens is 372 g/mol. The number of carbonyl (C=O) groups is 2. The van der Waals surface area contributed by atoms with Crippen LogP contribution in [0, 0.1) is 0 Å². The van der Waals surface area contributed by atoms with Gasteiger partial charge in [0.25, 0.3) is 0 Å². The Morgan fingerprint density at radius 2 is 1.46 bits per heavy atom. The van der Waals surface area contributed by atoms with E-state index in [1.54, 1.807) is 12.1 Å². The van der Waals surface area contributed by atoms with E-state index in [2.05, 4.69) is 10.6 Å². The molecule has 1 unspecified atom stereocenters. The van der Waals surface area contributed by atoms with Crippen LogP contribution in [0.1, 0.15) is 24.9 Å². The summed E-state index contributed by atoms with van der Waals surface area (Å²) in [5.74, 6) is -0.374. The van der Waals surface area contributed by atoms with Gasteiger partial charge in [-0.25, -0.2) is 0 Å². The number of halogens is 1. The van der Waals surface area contributed by atoms with Gasteiger partial charge in [0.2, 0.25) is 11.8 Å². The summed E-state index contributed by atoms with van der Waals surface area (Å²) in [5.41, 5.74) is 3.74. The van der Waals surface area contributed by atoms with Gasteiger partial charge in [-0.1, -0.05) is 66.2 Å². The van der Waals surface area contributed by atoms with E-state index in [4.69, 9.17) is 11.6 Å². The molecule has 2 amide bonds. The minimum Gasteiger partial charge on any atom is -0.349 e. The van der Waals surface area contributed by atoms with Crippen LogP contribution in [0.2, 0.25) is 5.02 Å². The van der Waals surface area contributed by atoms with Crippen molar-refractivity contribution in [3.05, 3.63) is 89.4 Å². The highest BCUT2D eigenvalue weighted by Gasteiger charge is 2.17. The van der Waals surface area contributed by atoms with Crippen LogP contribution in [0.4, 0.5) is 5.69 Å². The van der Waals surface area contributed by atoms with E-state index in [1.807, 2.05) is 66.7 Å². The van der Waals surface area contributed by atoms with Crippen LogP contribution in [0.25, 0.3) is 11.1 Å². The monoisotopic (exact) mass is 392 g/mol. The highest BCUT2D eigenvalue weighted by Crippen LogP contribution is 2.23. The molecule has 3 rings (SSSR count). The van der Waals surface area contributed by atoms with Gasteiger partial charge in [-0.3, -0.25) is 9.59 Å². The fourth-order valence-electron chi connectivity index (χ4n) is 2.97. The summed E-state index contributed by atoms with van der Waals surface area (Å²) in [6.07, 6.45) is 0.127. The Bertz CT molecular complexity index is 939. The Morgan fingerprint density at radius 3 is 2.07 bits per heavy atom. The van der Waals surface area contributed by atoms with E-state index < -0.39 is 6.04 Å². The first-order valence-electron chi connectivity index (χ1n) is 8.99. The second-order valence-corrected chi connectivity index (χ2v) is 6.94. The molecule has 28 heavy (non-hydrogen) atoms. The Morgan fingerprint density at radius 1 is 0.857 bits per heavy atom. The molecule has 0 spiro atoms. The number of carbonyl (C=O) groups excluding carboxylic acids is 2. The molecule has 3 aromatic rings. The van der Waals surface area contributed by atoms with E-state index >= 15 is 0 Å². The Labute approximate surface area is 169 Å². The largest absolute Gasteiger partial charge is 0.349 e. The van der Waals surface area contributed by atoms with Crippen LogP contribution in [0.3, 0.4) is 0 Å². The van der Waals surface area contributed by atoms with Crippen molar-refractivity contribution in [3.63, 3.8) is 0 Å². The van der Waals surface area contributed by atoms with Crippen molar-refractivity contribution in [1.82, 2.24) is 5.32 Å². The van der Waals surface area contributed by atoms with Gasteiger partial charge in [-0.2, -0.15) is 0 Å². The lowest BCUT2D eigenvalue weighted by Gasteiger charge is -2.18. The fourth-order valence-corrected chi connectivity index (χ4v) is 3.09. The Kier molecular flexibility index (Phi) is 6.45. The van der Waals surface area contributed by atoms with Crippen LogP contribution >= 0.6 is 11.6 Å². The maximum atomic E-state index is 12.5. The van der Waals surface area contributed by atoms with Gasteiger partial charge in [-0.05, 0) is 41.0 Å². The van der Waals surface area contributed by atoms with E-state index in [1.165, 1.54) is 6.92 Å². The zero-order chi connectivity index (χ0) is 19.9. The maximum absolute atomic E-state index is 12.5. The first-order chi connectivity index (χ1) is 13.5. The van der Waals surface area contributed by atoms with Crippen molar-refractivity contribution < 1.29 is 9.59 Å². The lowest BCUT2D eigenvalue weighted by Crippen LogP contribution is -2.29. The molecule has 1 atom stereocenters. The molecule has 142 valence electrons. The van der Waals surface area contributed by atoms with Crippen LogP contribution in [0.5, 0.6) is 0 Å². The first kappa shape index (κ1) is 19.6. The summed E-state index contributed by atoms with van der Waals surface area (Å²) < 4.78 is 0. The van der Waals surface area contributed by atoms with E-state index in [0.29, 0.717) is 10.7 Å². The molecule has 2 N–H and O–H groups in total. The molecule has 0 aliphatic rings. The summed E-state index contributed by atoms with van der Waals surface area (Å²) in [4.78, 5) is 24.0. The second kappa shape index (κ2) is 9.20. The molecule has 4 nitrogen and oxygen atoms in total. The molecule has 0 fully saturated rings. The molecule has 0 radical (unpaired) electrons. The van der Waals surface area contributed by atoms with Crippen LogP contribution in [-0.2, 0) is 9.59 Å². The average molecular weight is 393 g/mol. The minimum atomic E-state index is -0.418. The number of hydrogen-bond donors (Lipinski definition) is 2. The second-order valence-electron chi connectivity index (χ2n) is 6.50. The first-order valence-corrected chi connectivity index (χ1v) is 9.37. The van der Waals surface area contributed by atoms with E-state index in [9.17, 15) is 9.59 Å². The van der Waals surface area contributed by atoms with Gasteiger partial charge < -0.3 is 10.6 Å². The zero-order valence-corrected chi connectivity index (χ0v) is 16.2. The van der Waals surface area contributed by atoms with Gasteiger partial charge in [0.1, 0.15) is 0 Å². The van der Waals surface area contributed by atoms with Crippen LogP contribution in [-0.4, -0.2) is 11.8 Å². The summed E-state index contributed by atoms with van der Waals surface area (Å²) >= 11 is 5.93. The molecule has 0 saturated carbocycles. The molecule has 0 aromatic heterocycles. The standard InChI is InChI=1S/C23H21ClN2O2/c1-16(27)25-22(19-7-11-20(24)12-8-19)15-23(28)26-21-13-9-18(10-14-21)17-5-3-2-4-6-17/h2-14,22H,15H2,1H3,(H,25,27)(H,26,28). The molecule has 0 aliphatic heterocycles. The number of amides is 2. The summed E-state index contributed by atoms with van der Waals surface area (Å²) in [6.45, 7) is 1.43. The number of nitrogens with one attached hydrogen (secondary N) is 2. The summed E-state index contributed by atoms with van der Waals surface area (Å²) in [6, 6.07) is 24.4. The van der Waals surface area contributed by atoms with Crippen LogP contribution < -0.4 is 10.6 Å². The van der Waals surface area contributed by atoms with Crippen molar-refractivity contribution in [2.45, 2.75) is 19.4 Å². The highest BCUT2D eigenvalue weighted by molar-refractivity contribution is 6.30. The number of benzene rings is 3. The van der Waals surface area contributed by atoms with Crippen molar-refractivity contribution in [2.75, 3.05) is 5.32 Å². The third kappa shape index (κ3) is 5.44. The SMILES string of the molecule is CC(=O)NC(CC(=O)Nc1ccc(-c2ccccc2)cc1)c1ccc(Cl)cc1. The van der Waals surface area contributed by atoms with Gasteiger partial charge in [0, 0.05) is 17.6 Å². The van der Waals surface area contributed by atoms with Gasteiger partial charge in [0.15, 0.2) is 0 Å². The summed E-state index contributed by atoms with van der Waals surface area (Å²) in [5, 5.41) is 6.31. The Hall–Kier alpha value is -3.11. The zero-order valence-electron chi connectivity index (χ0n) is 15.5.